The molecule has 0 amide bonds. The molecule has 0 saturated heterocycles. The summed E-state index contributed by atoms with van der Waals surface area (Å²) in [5.41, 5.74) is 1.36. The molecule has 0 bridgehead atoms. The number of allylic oxidation sites excluding steroid dienone is 1. The Hall–Kier alpha value is -2.32. The van der Waals surface area contributed by atoms with Crippen molar-refractivity contribution in [3.63, 3.8) is 0 Å². The van der Waals surface area contributed by atoms with Gasteiger partial charge in [-0.3, -0.25) is 4.31 Å². The third-order valence-electron chi connectivity index (χ3n) is 3.86. The van der Waals surface area contributed by atoms with Crippen molar-refractivity contribution < 1.29 is 21.0 Å². The van der Waals surface area contributed by atoms with Crippen LogP contribution in [0, 0.1) is 0 Å². The molecule has 1 aliphatic rings. The normalized spacial score (nSPS) is 16.5. The molecule has 132 valence electrons. The second-order valence-electron chi connectivity index (χ2n) is 5.69. The maximum absolute atomic E-state index is 12.8. The lowest BCUT2D eigenvalue weighted by molar-refractivity contribution is 0.444. The smallest absolute Gasteiger partial charge is 0.306 e. The van der Waals surface area contributed by atoms with Crippen LogP contribution in [0.2, 0.25) is 0 Å². The maximum atomic E-state index is 12.8. The van der Waals surface area contributed by atoms with E-state index in [1.807, 2.05) is 30.3 Å². The van der Waals surface area contributed by atoms with Crippen molar-refractivity contribution in [2.75, 3.05) is 13.3 Å². The summed E-state index contributed by atoms with van der Waals surface area (Å²) in [6.45, 7) is 0. The van der Waals surface area contributed by atoms with Crippen LogP contribution in [0.15, 0.2) is 65.2 Å². The highest BCUT2D eigenvalue weighted by atomic mass is 32.2. The van der Waals surface area contributed by atoms with Gasteiger partial charge in [0.1, 0.15) is 0 Å². The third kappa shape index (κ3) is 3.40. The van der Waals surface area contributed by atoms with E-state index in [1.54, 1.807) is 18.2 Å². The fourth-order valence-electron chi connectivity index (χ4n) is 2.70. The van der Waals surface area contributed by atoms with Gasteiger partial charge in [-0.2, -0.15) is 8.42 Å². The van der Waals surface area contributed by atoms with E-state index in [-0.39, 0.29) is 28.3 Å². The lowest BCUT2D eigenvalue weighted by Crippen LogP contribution is -2.33. The first-order valence-electron chi connectivity index (χ1n) is 7.45. The van der Waals surface area contributed by atoms with Crippen LogP contribution in [-0.2, 0) is 30.7 Å². The molecule has 3 rings (SSSR count). The third-order valence-corrected chi connectivity index (χ3v) is 6.18. The Kier molecular flexibility index (Phi) is 4.34. The minimum absolute atomic E-state index is 0.0213. The van der Waals surface area contributed by atoms with E-state index >= 15 is 0 Å². The lowest BCUT2D eigenvalue weighted by Gasteiger charge is -2.30. The van der Waals surface area contributed by atoms with Gasteiger partial charge in [-0.25, -0.2) is 8.42 Å². The first-order chi connectivity index (χ1) is 11.7. The van der Waals surface area contributed by atoms with Crippen LogP contribution < -0.4 is 0 Å². The SMILES string of the molecule is CN1C(Cc2ccccc2)=C(OS(C)(=O)=O)c2ccccc2S1(=O)=O. The van der Waals surface area contributed by atoms with Crippen molar-refractivity contribution in [3.8, 4) is 0 Å². The predicted octanol–water partition coefficient (Wildman–Crippen LogP) is 2.21. The van der Waals surface area contributed by atoms with E-state index in [9.17, 15) is 16.8 Å². The minimum Gasteiger partial charge on any atom is -0.380 e. The summed E-state index contributed by atoms with van der Waals surface area (Å²) in [6.07, 6.45) is 1.15. The fraction of sp³-hybridized carbons (Fsp3) is 0.176. The first-order valence-corrected chi connectivity index (χ1v) is 10.7. The van der Waals surface area contributed by atoms with Crippen LogP contribution in [0.5, 0.6) is 0 Å². The van der Waals surface area contributed by atoms with Crippen molar-refractivity contribution in [2.45, 2.75) is 11.3 Å². The Balaban J connectivity index is 2.26. The molecular formula is C17H17NO5S2. The average Bonchev–Trinajstić information content (AvgIpc) is 2.56. The zero-order valence-corrected chi connectivity index (χ0v) is 15.3. The standard InChI is InChI=1S/C17H17NO5S2/c1-18-15(12-13-8-4-3-5-9-13)17(23-24(2,19)20)14-10-6-7-11-16(14)25(18,21)22/h3-11H,12H2,1-2H3. The van der Waals surface area contributed by atoms with E-state index in [2.05, 4.69) is 0 Å². The number of hydrogen-bond donors (Lipinski definition) is 0. The molecule has 2 aromatic rings. The van der Waals surface area contributed by atoms with Crippen molar-refractivity contribution in [2.24, 2.45) is 0 Å². The van der Waals surface area contributed by atoms with E-state index in [1.165, 1.54) is 13.1 Å². The van der Waals surface area contributed by atoms with Gasteiger partial charge in [-0.15, -0.1) is 0 Å². The minimum atomic E-state index is -3.83. The van der Waals surface area contributed by atoms with E-state index in [0.29, 0.717) is 0 Å². The van der Waals surface area contributed by atoms with Crippen molar-refractivity contribution in [1.29, 1.82) is 0 Å². The van der Waals surface area contributed by atoms with Crippen molar-refractivity contribution >= 4 is 25.9 Å². The summed E-state index contributed by atoms with van der Waals surface area (Å²) in [4.78, 5) is 0.0213. The number of hydrogen-bond acceptors (Lipinski definition) is 5. The van der Waals surface area contributed by atoms with Gasteiger partial charge in [0, 0.05) is 19.0 Å². The Labute approximate surface area is 147 Å². The van der Waals surface area contributed by atoms with Gasteiger partial charge < -0.3 is 4.18 Å². The summed E-state index contributed by atoms with van der Waals surface area (Å²) in [6, 6.07) is 15.4. The number of rotatable bonds is 4. The molecule has 0 radical (unpaired) electrons. The molecule has 2 aromatic carbocycles. The first kappa shape index (κ1) is 17.5. The summed E-state index contributed by atoms with van der Waals surface area (Å²) >= 11 is 0. The molecule has 0 N–H and O–H groups in total. The Morgan fingerprint density at radius 2 is 1.60 bits per heavy atom. The highest BCUT2D eigenvalue weighted by Gasteiger charge is 2.36. The Bertz CT molecular complexity index is 1040. The molecule has 0 spiro atoms. The highest BCUT2D eigenvalue weighted by Crippen LogP contribution is 2.38. The van der Waals surface area contributed by atoms with Gasteiger partial charge in [0.25, 0.3) is 10.0 Å². The molecule has 0 saturated carbocycles. The van der Waals surface area contributed by atoms with Crippen LogP contribution in [0.4, 0.5) is 0 Å². The van der Waals surface area contributed by atoms with Crippen LogP contribution >= 0.6 is 0 Å². The molecule has 6 nitrogen and oxygen atoms in total. The number of sulfonamides is 1. The highest BCUT2D eigenvalue weighted by molar-refractivity contribution is 7.89. The van der Waals surface area contributed by atoms with Crippen molar-refractivity contribution in [3.05, 3.63) is 71.4 Å². The maximum Gasteiger partial charge on any atom is 0.306 e. The summed E-state index contributed by atoms with van der Waals surface area (Å²) in [5, 5.41) is 0. The van der Waals surface area contributed by atoms with Gasteiger partial charge in [0.15, 0.2) is 5.76 Å². The quantitative estimate of drug-likeness (QED) is 0.761. The second kappa shape index (κ2) is 6.20. The van der Waals surface area contributed by atoms with Crippen molar-refractivity contribution in [1.82, 2.24) is 4.31 Å². The molecule has 25 heavy (non-hydrogen) atoms. The van der Waals surface area contributed by atoms with E-state index < -0.39 is 20.1 Å². The molecule has 0 atom stereocenters. The number of likely N-dealkylation sites (N-methyl/N-ethyl adjacent to an activating group) is 1. The van der Waals surface area contributed by atoms with Crippen LogP contribution in [0.1, 0.15) is 11.1 Å². The molecule has 0 aromatic heterocycles. The predicted molar refractivity (Wildman–Crippen MR) is 94.4 cm³/mol. The van der Waals surface area contributed by atoms with Gasteiger partial charge in [0.05, 0.1) is 16.8 Å². The number of nitrogens with zero attached hydrogens (tertiary/aromatic N) is 1. The van der Waals surface area contributed by atoms with Crippen LogP contribution in [0.3, 0.4) is 0 Å². The number of fused-ring (bicyclic) bond motifs is 1. The molecule has 0 aliphatic carbocycles. The van der Waals surface area contributed by atoms with Crippen LogP contribution in [-0.4, -0.2) is 34.4 Å². The zero-order chi connectivity index (χ0) is 18.2. The molecule has 1 heterocycles. The molecule has 0 fully saturated rings. The van der Waals surface area contributed by atoms with Gasteiger partial charge in [-0.05, 0) is 17.7 Å². The topological polar surface area (TPSA) is 80.8 Å². The van der Waals surface area contributed by atoms with E-state index in [0.717, 1.165) is 16.1 Å². The summed E-state index contributed by atoms with van der Waals surface area (Å²) in [5.74, 6) is 0.0410. The second-order valence-corrected chi connectivity index (χ2v) is 9.21. The molecule has 1 aliphatic heterocycles. The van der Waals surface area contributed by atoms with Crippen LogP contribution in [0.25, 0.3) is 5.76 Å². The summed E-state index contributed by atoms with van der Waals surface area (Å²) < 4.78 is 55.4. The van der Waals surface area contributed by atoms with E-state index in [4.69, 9.17) is 4.18 Å². The fourth-order valence-corrected chi connectivity index (χ4v) is 4.61. The van der Waals surface area contributed by atoms with Gasteiger partial charge >= 0.3 is 10.1 Å². The van der Waals surface area contributed by atoms with Gasteiger partial charge in [-0.1, -0.05) is 42.5 Å². The van der Waals surface area contributed by atoms with Gasteiger partial charge in [0.2, 0.25) is 0 Å². The molecule has 8 heteroatoms. The zero-order valence-electron chi connectivity index (χ0n) is 13.7. The Morgan fingerprint density at radius 1 is 1.00 bits per heavy atom. The number of benzene rings is 2. The molecular weight excluding hydrogens is 362 g/mol. The monoisotopic (exact) mass is 379 g/mol. The molecule has 0 unspecified atom stereocenters. The Morgan fingerprint density at radius 3 is 2.24 bits per heavy atom. The lowest BCUT2D eigenvalue weighted by atomic mass is 10.1. The summed E-state index contributed by atoms with van der Waals surface area (Å²) in [7, 11) is -6.21. The largest absolute Gasteiger partial charge is 0.380 e. The average molecular weight is 379 g/mol.